The molecule has 0 fully saturated rings. The molecule has 0 atom stereocenters. The highest BCUT2D eigenvalue weighted by molar-refractivity contribution is 9.10. The summed E-state index contributed by atoms with van der Waals surface area (Å²) in [7, 11) is 0. The number of aryl methyl sites for hydroxylation is 1. The molecule has 3 heterocycles. The van der Waals surface area contributed by atoms with Crippen LogP contribution in [0.15, 0.2) is 57.6 Å². The highest BCUT2D eigenvalue weighted by Gasteiger charge is 2.20. The van der Waals surface area contributed by atoms with E-state index in [1.54, 1.807) is 6.20 Å². The number of carboxylic acid groups (broad SMARTS) is 1. The predicted octanol–water partition coefficient (Wildman–Crippen LogP) is 5.33. The van der Waals surface area contributed by atoms with Gasteiger partial charge in [-0.15, -0.1) is 10.2 Å². The van der Waals surface area contributed by atoms with Gasteiger partial charge in [0.25, 0.3) is 0 Å². The van der Waals surface area contributed by atoms with Crippen LogP contribution in [0.25, 0.3) is 33.7 Å². The summed E-state index contributed by atoms with van der Waals surface area (Å²) in [5.74, 6) is 0.916. The first-order chi connectivity index (χ1) is 16.5. The molecule has 0 bridgehead atoms. The van der Waals surface area contributed by atoms with E-state index in [1.165, 1.54) is 0 Å². The van der Waals surface area contributed by atoms with Gasteiger partial charge in [-0.2, -0.15) is 5.21 Å². The van der Waals surface area contributed by atoms with Gasteiger partial charge >= 0.3 is 5.97 Å². The number of imidazole rings is 1. The van der Waals surface area contributed by atoms with Crippen LogP contribution in [0.1, 0.15) is 41.6 Å². The lowest BCUT2D eigenvalue weighted by Crippen LogP contribution is -2.04. The standard InChI is InChI=1S/C24H21BrN6O3/c1-2-3-8-20-26-18(24(32)33)13-31(20)12-14-9-10-19-17(11-14)21(25)22(34-19)15-6-4-5-7-16(15)23-27-29-30-28-23/h4-7,9-11,13H,2-3,8,12H2,1H3,(H,32,33)(H,27,28,29,30). The van der Waals surface area contributed by atoms with Gasteiger partial charge in [0.05, 0.1) is 4.47 Å². The van der Waals surface area contributed by atoms with Crippen LogP contribution in [0, 0.1) is 0 Å². The fourth-order valence-electron chi connectivity index (χ4n) is 3.96. The zero-order valence-corrected chi connectivity index (χ0v) is 19.9. The second kappa shape index (κ2) is 9.22. The Morgan fingerprint density at radius 3 is 2.76 bits per heavy atom. The quantitative estimate of drug-likeness (QED) is 0.283. The summed E-state index contributed by atoms with van der Waals surface area (Å²) in [5.41, 5.74) is 3.46. The van der Waals surface area contributed by atoms with Crippen LogP contribution in [0.4, 0.5) is 0 Å². The van der Waals surface area contributed by atoms with Crippen LogP contribution in [0.3, 0.4) is 0 Å². The minimum atomic E-state index is -1.02. The number of aromatic nitrogens is 6. The first kappa shape index (κ1) is 22.0. The lowest BCUT2D eigenvalue weighted by Gasteiger charge is -2.07. The van der Waals surface area contributed by atoms with Crippen LogP contribution in [0.2, 0.25) is 0 Å². The smallest absolute Gasteiger partial charge is 0.356 e. The summed E-state index contributed by atoms with van der Waals surface area (Å²) in [4.78, 5) is 15.8. The molecule has 2 aromatic carbocycles. The van der Waals surface area contributed by atoms with Gasteiger partial charge in [0, 0.05) is 35.7 Å². The molecule has 0 saturated heterocycles. The van der Waals surface area contributed by atoms with Gasteiger partial charge in [-0.1, -0.05) is 43.7 Å². The van der Waals surface area contributed by atoms with Crippen molar-refractivity contribution in [1.82, 2.24) is 30.2 Å². The Morgan fingerprint density at radius 1 is 1.21 bits per heavy atom. The number of carboxylic acids is 1. The zero-order valence-electron chi connectivity index (χ0n) is 18.3. The van der Waals surface area contributed by atoms with Gasteiger partial charge in [-0.3, -0.25) is 0 Å². The number of tetrazole rings is 1. The number of nitrogens with zero attached hydrogens (tertiary/aromatic N) is 5. The number of unbranched alkanes of at least 4 members (excludes halogenated alkanes) is 1. The third kappa shape index (κ3) is 4.12. The Labute approximate surface area is 203 Å². The van der Waals surface area contributed by atoms with E-state index in [0.717, 1.165) is 57.2 Å². The van der Waals surface area contributed by atoms with Crippen molar-refractivity contribution in [3.05, 3.63) is 70.2 Å². The molecule has 3 aromatic heterocycles. The van der Waals surface area contributed by atoms with Gasteiger partial charge in [0.2, 0.25) is 5.82 Å². The summed E-state index contributed by atoms with van der Waals surface area (Å²) in [6.45, 7) is 2.62. The summed E-state index contributed by atoms with van der Waals surface area (Å²) >= 11 is 3.72. The molecule has 0 unspecified atom stereocenters. The number of hydrogen-bond donors (Lipinski definition) is 2. The Bertz CT molecular complexity index is 1470. The number of benzene rings is 2. The predicted molar refractivity (Wildman–Crippen MR) is 129 cm³/mol. The monoisotopic (exact) mass is 520 g/mol. The molecule has 5 aromatic rings. The van der Waals surface area contributed by atoms with Gasteiger partial charge in [0.1, 0.15) is 17.2 Å². The Balaban J connectivity index is 1.52. The lowest BCUT2D eigenvalue weighted by molar-refractivity contribution is 0.0690. The molecule has 34 heavy (non-hydrogen) atoms. The third-order valence-corrected chi connectivity index (χ3v) is 6.42. The van der Waals surface area contributed by atoms with E-state index in [9.17, 15) is 9.90 Å². The molecule has 10 heteroatoms. The molecular weight excluding hydrogens is 500 g/mol. The van der Waals surface area contributed by atoms with E-state index in [4.69, 9.17) is 4.42 Å². The summed E-state index contributed by atoms with van der Waals surface area (Å²) in [5, 5.41) is 24.7. The number of hydrogen-bond acceptors (Lipinski definition) is 6. The van der Waals surface area contributed by atoms with Crippen LogP contribution >= 0.6 is 15.9 Å². The number of aromatic amines is 1. The normalized spacial score (nSPS) is 11.4. The fraction of sp³-hybridized carbons (Fsp3) is 0.208. The maximum Gasteiger partial charge on any atom is 0.356 e. The number of rotatable bonds is 8. The van der Waals surface area contributed by atoms with E-state index in [-0.39, 0.29) is 5.69 Å². The number of H-pyrrole nitrogens is 1. The highest BCUT2D eigenvalue weighted by atomic mass is 79.9. The number of nitrogens with one attached hydrogen (secondary N) is 1. The van der Waals surface area contributed by atoms with Crippen LogP contribution < -0.4 is 0 Å². The Hall–Kier alpha value is -3.79. The van der Waals surface area contributed by atoms with Gasteiger partial charge < -0.3 is 14.1 Å². The van der Waals surface area contributed by atoms with Gasteiger partial charge in [-0.25, -0.2) is 9.78 Å². The van der Waals surface area contributed by atoms with E-state index in [1.807, 2.05) is 47.0 Å². The molecule has 9 nitrogen and oxygen atoms in total. The SMILES string of the molecule is CCCCc1nc(C(=O)O)cn1Cc1ccc2oc(-c3ccccc3-c3nn[nH]n3)c(Br)c2c1. The zero-order chi connectivity index (χ0) is 23.7. The minimum Gasteiger partial charge on any atom is -0.476 e. The Kier molecular flexibility index (Phi) is 5.97. The molecule has 0 amide bonds. The number of aromatic carboxylic acids is 1. The van der Waals surface area contributed by atoms with Crippen molar-refractivity contribution in [2.75, 3.05) is 0 Å². The van der Waals surface area contributed by atoms with Crippen molar-refractivity contribution in [1.29, 1.82) is 0 Å². The summed E-state index contributed by atoms with van der Waals surface area (Å²) < 4.78 is 8.95. The average molecular weight is 521 g/mol. The van der Waals surface area contributed by atoms with Gasteiger partial charge in [-0.05, 0) is 45.3 Å². The number of furan rings is 1. The summed E-state index contributed by atoms with van der Waals surface area (Å²) in [6.07, 6.45) is 4.30. The number of carbonyl (C=O) groups is 1. The van der Waals surface area contributed by atoms with Crippen LogP contribution in [0.5, 0.6) is 0 Å². The molecule has 0 radical (unpaired) electrons. The molecular formula is C24H21BrN6O3. The van der Waals surface area contributed by atoms with Crippen LogP contribution in [-0.4, -0.2) is 41.3 Å². The first-order valence-electron chi connectivity index (χ1n) is 10.9. The van der Waals surface area contributed by atoms with E-state index >= 15 is 0 Å². The van der Waals surface area contributed by atoms with Gasteiger partial charge in [0.15, 0.2) is 5.69 Å². The van der Waals surface area contributed by atoms with E-state index < -0.39 is 5.97 Å². The van der Waals surface area contributed by atoms with Crippen molar-refractivity contribution in [3.63, 3.8) is 0 Å². The van der Waals surface area contributed by atoms with Crippen molar-refractivity contribution in [2.24, 2.45) is 0 Å². The number of halogens is 1. The molecule has 172 valence electrons. The molecule has 0 aliphatic rings. The van der Waals surface area contributed by atoms with Crippen molar-refractivity contribution >= 4 is 32.9 Å². The van der Waals surface area contributed by atoms with Crippen molar-refractivity contribution in [2.45, 2.75) is 32.7 Å². The fourth-order valence-corrected chi connectivity index (χ4v) is 4.57. The molecule has 0 saturated carbocycles. The molecule has 2 N–H and O–H groups in total. The average Bonchev–Trinajstić information content (AvgIpc) is 3.58. The first-order valence-corrected chi connectivity index (χ1v) is 11.7. The second-order valence-electron chi connectivity index (χ2n) is 7.94. The van der Waals surface area contributed by atoms with E-state index in [0.29, 0.717) is 18.1 Å². The maximum absolute atomic E-state index is 11.5. The maximum atomic E-state index is 11.5. The molecule has 0 spiro atoms. The number of fused-ring (bicyclic) bond motifs is 1. The molecule has 0 aliphatic carbocycles. The second-order valence-corrected chi connectivity index (χ2v) is 8.73. The van der Waals surface area contributed by atoms with Crippen molar-refractivity contribution in [3.8, 4) is 22.7 Å². The topological polar surface area (TPSA) is 123 Å². The minimum absolute atomic E-state index is 0.0667. The van der Waals surface area contributed by atoms with Crippen LogP contribution in [-0.2, 0) is 13.0 Å². The van der Waals surface area contributed by atoms with E-state index in [2.05, 4.69) is 48.5 Å². The highest BCUT2D eigenvalue weighted by Crippen LogP contribution is 2.41. The third-order valence-electron chi connectivity index (χ3n) is 5.63. The lowest BCUT2D eigenvalue weighted by atomic mass is 10.0. The Morgan fingerprint density at radius 2 is 2.03 bits per heavy atom. The van der Waals surface area contributed by atoms with Crippen molar-refractivity contribution < 1.29 is 14.3 Å². The largest absolute Gasteiger partial charge is 0.476 e. The summed E-state index contributed by atoms with van der Waals surface area (Å²) in [6, 6.07) is 13.7. The molecule has 5 rings (SSSR count). The molecule has 0 aliphatic heterocycles.